The van der Waals surface area contributed by atoms with Crippen LogP contribution in [0.25, 0.3) is 44.5 Å². The summed E-state index contributed by atoms with van der Waals surface area (Å²) in [5, 5.41) is 2.71. The molecule has 2 saturated carbocycles. The number of methoxy groups -OCH3 is 1. The molecular weight excluding hydrogens is 793 g/mol. The molecule has 4 heterocycles. The predicted octanol–water partition coefficient (Wildman–Crippen LogP) is 9.81. The highest BCUT2D eigenvalue weighted by Gasteiger charge is 2.59. The van der Waals surface area contributed by atoms with Crippen molar-refractivity contribution in [2.75, 3.05) is 13.7 Å². The molecule has 2 bridgehead atoms. The number of aromatic nitrogens is 4. The van der Waals surface area contributed by atoms with E-state index in [9.17, 15) is 14.4 Å². The number of H-pyrrole nitrogens is 2. The number of aromatic amines is 2. The van der Waals surface area contributed by atoms with Crippen molar-refractivity contribution in [3.8, 4) is 33.5 Å². The van der Waals surface area contributed by atoms with Crippen LogP contribution in [-0.2, 0) is 25.7 Å². The van der Waals surface area contributed by atoms with Crippen LogP contribution in [0.4, 0.5) is 18.4 Å². The van der Waals surface area contributed by atoms with Gasteiger partial charge in [-0.25, -0.2) is 19.6 Å². The molecule has 5 atom stereocenters. The number of amides is 3. The van der Waals surface area contributed by atoms with Crippen LogP contribution in [0.3, 0.4) is 0 Å². The molecule has 324 valence electrons. The first-order chi connectivity index (χ1) is 29.4. The van der Waals surface area contributed by atoms with Gasteiger partial charge >= 0.3 is 12.2 Å². The van der Waals surface area contributed by atoms with E-state index in [2.05, 4.69) is 22.2 Å². The third-order valence-corrected chi connectivity index (χ3v) is 14.3. The topological polar surface area (TPSA) is 146 Å². The van der Waals surface area contributed by atoms with Crippen LogP contribution in [-0.4, -0.2) is 79.2 Å². The number of carbonyl (C=O) groups is 3. The second-order valence-corrected chi connectivity index (χ2v) is 19.8. The summed E-state index contributed by atoms with van der Waals surface area (Å²) in [6.07, 6.45) is 6.22. The molecule has 12 nitrogen and oxygen atoms in total. The van der Waals surface area contributed by atoms with Gasteiger partial charge in [-0.3, -0.25) is 9.69 Å². The number of rotatable bonds is 7. The third kappa shape index (κ3) is 6.37. The summed E-state index contributed by atoms with van der Waals surface area (Å²) in [5.41, 5.74) is 3.60. The number of alkyl carbamates (subject to hydrolysis) is 1. The maximum Gasteiger partial charge on any atom is 0.411 e. The largest absolute Gasteiger partial charge is 0.453 e. The van der Waals surface area contributed by atoms with E-state index < -0.39 is 29.2 Å². The Labute approximate surface area is 359 Å². The molecule has 10 rings (SSSR count). The minimum atomic E-state index is -3.27. The number of nitrogens with zero attached hydrogens (tertiary/aromatic N) is 4. The van der Waals surface area contributed by atoms with Gasteiger partial charge in [-0.2, -0.15) is 8.78 Å². The van der Waals surface area contributed by atoms with E-state index in [4.69, 9.17) is 19.4 Å². The summed E-state index contributed by atoms with van der Waals surface area (Å²) in [4.78, 5) is 59.9. The lowest BCUT2D eigenvalue weighted by Gasteiger charge is -2.43. The number of carbonyl (C=O) groups excluding carboxylic acids is 3. The van der Waals surface area contributed by atoms with Gasteiger partial charge in [0, 0.05) is 29.3 Å². The van der Waals surface area contributed by atoms with Gasteiger partial charge < -0.3 is 29.7 Å². The Kier molecular flexibility index (Phi) is 9.00. The summed E-state index contributed by atoms with van der Waals surface area (Å²) in [7, 11) is 1.27. The van der Waals surface area contributed by atoms with Crippen LogP contribution in [0.1, 0.15) is 109 Å². The number of hydrogen-bond donors (Lipinski definition) is 3. The Bertz CT molecular complexity index is 2660. The van der Waals surface area contributed by atoms with Crippen LogP contribution < -0.4 is 5.32 Å². The molecule has 3 amide bonds. The SMILES string of the molecule is COC(=O)N[C@H](C(=O)N1CC2(CC2)C[C@H]1c1ncc(-c2ccc3c(c2)C(F)(F)c2cc(-c4ccc5nc([C@]6(C)C7CC[C@H](C7)N6C(=O)OC(C)(C)C)[nH]c5c4)ccc2-3)[nH]1)C(C)C. The Hall–Kier alpha value is -5.79. The smallest absolute Gasteiger partial charge is 0.411 e. The summed E-state index contributed by atoms with van der Waals surface area (Å²) in [6, 6.07) is 15.1. The van der Waals surface area contributed by atoms with Gasteiger partial charge in [0.1, 0.15) is 28.8 Å². The first-order valence-electron chi connectivity index (χ1n) is 21.8. The summed E-state index contributed by atoms with van der Waals surface area (Å²) in [6.45, 7) is 12.0. The molecule has 3 N–H and O–H groups in total. The van der Waals surface area contributed by atoms with Gasteiger partial charge in [-0.1, -0.05) is 44.2 Å². The normalized spacial score (nSPS) is 24.5. The molecule has 2 aliphatic heterocycles. The van der Waals surface area contributed by atoms with Crippen LogP contribution in [0.5, 0.6) is 0 Å². The van der Waals surface area contributed by atoms with Gasteiger partial charge in [-0.05, 0) is 130 Å². The molecule has 1 unspecified atom stereocenters. The van der Waals surface area contributed by atoms with Crippen molar-refractivity contribution in [3.63, 3.8) is 0 Å². The fourth-order valence-electron chi connectivity index (χ4n) is 10.8. The number of ether oxygens (including phenoxy) is 2. The van der Waals surface area contributed by atoms with E-state index in [1.54, 1.807) is 24.4 Å². The quantitative estimate of drug-likeness (QED) is 0.148. The van der Waals surface area contributed by atoms with Crippen molar-refractivity contribution in [3.05, 3.63) is 83.6 Å². The van der Waals surface area contributed by atoms with Crippen molar-refractivity contribution < 1.29 is 32.6 Å². The molecule has 3 aromatic carbocycles. The lowest BCUT2D eigenvalue weighted by atomic mass is 9.84. The fourth-order valence-corrected chi connectivity index (χ4v) is 10.8. The van der Waals surface area contributed by atoms with E-state index >= 15 is 8.78 Å². The molecule has 1 spiro atoms. The number of alkyl halides is 2. The number of likely N-dealkylation sites (tertiary alicyclic amines) is 2. The first kappa shape index (κ1) is 40.3. The number of fused-ring (bicyclic) bond motifs is 6. The van der Waals surface area contributed by atoms with Crippen LogP contribution in [0.15, 0.2) is 60.8 Å². The molecular formula is C48H53F2N7O5. The second kappa shape index (κ2) is 13.9. The van der Waals surface area contributed by atoms with Gasteiger partial charge in [0.05, 0.1) is 36.1 Å². The number of hydrogen-bond acceptors (Lipinski definition) is 7. The molecule has 0 radical (unpaired) electrons. The minimum absolute atomic E-state index is 0.0199. The highest BCUT2D eigenvalue weighted by atomic mass is 19.3. The van der Waals surface area contributed by atoms with Crippen LogP contribution in [0.2, 0.25) is 0 Å². The zero-order valence-electron chi connectivity index (χ0n) is 36.2. The maximum absolute atomic E-state index is 16.6. The Morgan fingerprint density at radius 1 is 0.935 bits per heavy atom. The zero-order chi connectivity index (χ0) is 43.7. The Morgan fingerprint density at radius 2 is 1.61 bits per heavy atom. The average Bonchev–Trinajstić information content (AvgIpc) is 3.87. The summed E-state index contributed by atoms with van der Waals surface area (Å²) in [5.74, 6) is -2.11. The number of halogens is 2. The molecule has 5 aromatic rings. The lowest BCUT2D eigenvalue weighted by Crippen LogP contribution is -2.53. The van der Waals surface area contributed by atoms with Crippen molar-refractivity contribution in [1.29, 1.82) is 0 Å². The van der Waals surface area contributed by atoms with Crippen molar-refractivity contribution in [2.45, 2.75) is 115 Å². The van der Waals surface area contributed by atoms with Crippen molar-refractivity contribution >= 4 is 29.1 Å². The summed E-state index contributed by atoms with van der Waals surface area (Å²) >= 11 is 0. The predicted molar refractivity (Wildman–Crippen MR) is 229 cm³/mol. The van der Waals surface area contributed by atoms with E-state index in [0.29, 0.717) is 46.1 Å². The van der Waals surface area contributed by atoms with Crippen molar-refractivity contribution in [1.82, 2.24) is 35.1 Å². The highest BCUT2D eigenvalue weighted by molar-refractivity contribution is 5.88. The highest BCUT2D eigenvalue weighted by Crippen LogP contribution is 2.59. The molecule has 5 aliphatic rings. The van der Waals surface area contributed by atoms with Gasteiger partial charge in [0.2, 0.25) is 5.91 Å². The average molecular weight is 846 g/mol. The third-order valence-electron chi connectivity index (χ3n) is 14.3. The standard InChI is InChI=1S/C48H53F2N7O5/c1-25(2)39(55-43(59)61-7)41(58)56-24-47(16-17-47)22-38(56)40-51-23-37(52-40)28-9-14-32-31-13-8-26(18-33(31)48(49,50)34(32)19-28)27-10-15-35-36(20-27)54-42(53-35)46(6)29-11-12-30(21-29)57(46)44(60)62-45(3,4)5/h8-10,13-15,18-20,23,25,29-30,38-39H,11-12,16-17,21-22,24H2,1-7H3,(H,51,52)(H,53,54)(H,55,59)/t29?,30-,38+,39+,46+/m1/s1. The number of nitrogens with one attached hydrogen (secondary N) is 3. The van der Waals surface area contributed by atoms with E-state index in [-0.39, 0.29) is 52.5 Å². The molecule has 14 heteroatoms. The van der Waals surface area contributed by atoms with Crippen molar-refractivity contribution in [2.24, 2.45) is 17.3 Å². The summed E-state index contributed by atoms with van der Waals surface area (Å²) < 4.78 is 44.0. The molecule has 2 saturated heterocycles. The minimum Gasteiger partial charge on any atom is -0.453 e. The molecule has 2 aromatic heterocycles. The number of piperidine rings is 1. The van der Waals surface area contributed by atoms with Crippen LogP contribution >= 0.6 is 0 Å². The van der Waals surface area contributed by atoms with Gasteiger partial charge in [0.15, 0.2) is 0 Å². The zero-order valence-corrected chi connectivity index (χ0v) is 36.2. The maximum atomic E-state index is 16.6. The molecule has 3 aliphatic carbocycles. The van der Waals surface area contributed by atoms with E-state index in [0.717, 1.165) is 55.1 Å². The number of benzene rings is 3. The van der Waals surface area contributed by atoms with Gasteiger partial charge in [-0.15, -0.1) is 0 Å². The van der Waals surface area contributed by atoms with Gasteiger partial charge in [0.25, 0.3) is 5.92 Å². The Morgan fingerprint density at radius 3 is 2.29 bits per heavy atom. The monoisotopic (exact) mass is 845 g/mol. The molecule has 62 heavy (non-hydrogen) atoms. The molecule has 4 fully saturated rings. The first-order valence-corrected chi connectivity index (χ1v) is 21.8. The fraction of sp³-hybridized carbons (Fsp3) is 0.479. The lowest BCUT2D eigenvalue weighted by molar-refractivity contribution is -0.135. The number of imidazole rings is 2. The van der Waals surface area contributed by atoms with E-state index in [1.807, 2.05) is 74.8 Å². The van der Waals surface area contributed by atoms with Crippen LogP contribution in [0, 0.1) is 17.3 Å². The second-order valence-electron chi connectivity index (χ2n) is 19.8. The Balaban J connectivity index is 0.910. The van der Waals surface area contributed by atoms with E-state index in [1.165, 1.54) is 13.2 Å².